The molecule has 0 saturated heterocycles. The maximum Gasteiger partial charge on any atom is 0.119 e. The van der Waals surface area contributed by atoms with Crippen molar-refractivity contribution in [2.75, 3.05) is 19.8 Å². The molecule has 0 amide bonds. The highest BCUT2D eigenvalue weighted by Crippen LogP contribution is 2.12. The summed E-state index contributed by atoms with van der Waals surface area (Å²) in [5, 5.41) is 12.3. The smallest absolute Gasteiger partial charge is 0.119 e. The summed E-state index contributed by atoms with van der Waals surface area (Å²) in [6, 6.07) is 8.23. The Morgan fingerprint density at radius 3 is 2.58 bits per heavy atom. The van der Waals surface area contributed by atoms with Crippen molar-refractivity contribution in [2.45, 2.75) is 39.7 Å². The van der Waals surface area contributed by atoms with Crippen LogP contribution in [-0.4, -0.2) is 24.9 Å². The van der Waals surface area contributed by atoms with E-state index in [0.29, 0.717) is 5.92 Å². The van der Waals surface area contributed by atoms with Crippen molar-refractivity contribution in [3.63, 3.8) is 0 Å². The summed E-state index contributed by atoms with van der Waals surface area (Å²) in [4.78, 5) is 0. The van der Waals surface area contributed by atoms with Crippen molar-refractivity contribution in [3.8, 4) is 5.75 Å². The molecule has 1 aromatic rings. The highest BCUT2D eigenvalue weighted by molar-refractivity contribution is 5.27. The second kappa shape index (κ2) is 9.82. The molecule has 0 aliphatic rings. The molecule has 3 nitrogen and oxygen atoms in total. The van der Waals surface area contributed by atoms with Gasteiger partial charge in [0.25, 0.3) is 0 Å². The van der Waals surface area contributed by atoms with Gasteiger partial charge in [-0.2, -0.15) is 0 Å². The van der Waals surface area contributed by atoms with Crippen LogP contribution in [0.4, 0.5) is 0 Å². The summed E-state index contributed by atoms with van der Waals surface area (Å²) < 4.78 is 5.67. The monoisotopic (exact) mass is 265 g/mol. The largest absolute Gasteiger partial charge is 0.494 e. The number of rotatable bonds is 10. The van der Waals surface area contributed by atoms with Crippen molar-refractivity contribution in [1.29, 1.82) is 0 Å². The van der Waals surface area contributed by atoms with Crippen LogP contribution in [0.25, 0.3) is 0 Å². The summed E-state index contributed by atoms with van der Waals surface area (Å²) in [7, 11) is 0. The molecular weight excluding hydrogens is 238 g/mol. The van der Waals surface area contributed by atoms with E-state index in [1.165, 1.54) is 18.4 Å². The fourth-order valence-electron chi connectivity index (χ4n) is 1.77. The van der Waals surface area contributed by atoms with E-state index in [0.717, 1.165) is 31.9 Å². The van der Waals surface area contributed by atoms with E-state index in [4.69, 9.17) is 9.84 Å². The Morgan fingerprint density at radius 2 is 1.95 bits per heavy atom. The van der Waals surface area contributed by atoms with E-state index in [9.17, 15) is 0 Å². The molecule has 1 aromatic carbocycles. The average molecular weight is 265 g/mol. The minimum Gasteiger partial charge on any atom is -0.494 e. The van der Waals surface area contributed by atoms with E-state index in [2.05, 4.69) is 24.4 Å². The summed E-state index contributed by atoms with van der Waals surface area (Å²) in [6.07, 6.45) is 3.57. The third-order valence-electron chi connectivity index (χ3n) is 3.07. The van der Waals surface area contributed by atoms with Crippen molar-refractivity contribution >= 4 is 0 Å². The van der Waals surface area contributed by atoms with E-state index in [1.54, 1.807) is 0 Å². The number of ether oxygens (including phenoxy) is 1. The Balaban J connectivity index is 2.23. The molecule has 19 heavy (non-hydrogen) atoms. The quantitative estimate of drug-likeness (QED) is 0.639. The number of hydrogen-bond donors (Lipinski definition) is 2. The number of benzene rings is 1. The first-order valence-corrected chi connectivity index (χ1v) is 7.29. The van der Waals surface area contributed by atoms with Crippen molar-refractivity contribution in [1.82, 2.24) is 5.32 Å². The van der Waals surface area contributed by atoms with Gasteiger partial charge in [0.1, 0.15) is 5.75 Å². The molecule has 0 heterocycles. The van der Waals surface area contributed by atoms with Gasteiger partial charge in [0.15, 0.2) is 0 Å². The Labute approximate surface area is 117 Å². The zero-order valence-corrected chi connectivity index (χ0v) is 12.2. The van der Waals surface area contributed by atoms with Gasteiger partial charge in [-0.15, -0.1) is 0 Å². The molecule has 0 aliphatic carbocycles. The van der Waals surface area contributed by atoms with Crippen LogP contribution in [0.3, 0.4) is 0 Å². The summed E-state index contributed by atoms with van der Waals surface area (Å²) in [5.41, 5.74) is 1.24. The number of aliphatic hydroxyl groups is 1. The lowest BCUT2D eigenvalue weighted by Gasteiger charge is -2.10. The number of aliphatic hydroxyl groups excluding tert-OH is 1. The van der Waals surface area contributed by atoms with Gasteiger partial charge in [0.05, 0.1) is 6.61 Å². The molecule has 1 unspecified atom stereocenters. The maximum absolute atomic E-state index is 8.93. The molecule has 0 aromatic heterocycles. The zero-order chi connectivity index (χ0) is 13.9. The number of hydrogen-bond acceptors (Lipinski definition) is 3. The van der Waals surface area contributed by atoms with Crippen LogP contribution in [0.15, 0.2) is 24.3 Å². The average Bonchev–Trinajstić information content (AvgIpc) is 2.45. The van der Waals surface area contributed by atoms with Gasteiger partial charge in [0, 0.05) is 19.7 Å². The Kier molecular flexibility index (Phi) is 8.26. The van der Waals surface area contributed by atoms with Crippen molar-refractivity contribution < 1.29 is 9.84 Å². The van der Waals surface area contributed by atoms with E-state index >= 15 is 0 Å². The highest BCUT2D eigenvalue weighted by atomic mass is 16.5. The third kappa shape index (κ3) is 7.19. The van der Waals surface area contributed by atoms with Crippen LogP contribution < -0.4 is 10.1 Å². The fourth-order valence-corrected chi connectivity index (χ4v) is 1.77. The Hall–Kier alpha value is -1.06. The van der Waals surface area contributed by atoms with Crippen LogP contribution in [0.2, 0.25) is 0 Å². The predicted octanol–water partition coefficient (Wildman–Crippen LogP) is 2.97. The third-order valence-corrected chi connectivity index (χ3v) is 3.07. The first kappa shape index (κ1) is 16.0. The Morgan fingerprint density at radius 1 is 1.21 bits per heavy atom. The van der Waals surface area contributed by atoms with Gasteiger partial charge in [0.2, 0.25) is 0 Å². The first-order valence-electron chi connectivity index (χ1n) is 7.29. The Bertz CT molecular complexity index is 324. The van der Waals surface area contributed by atoms with Gasteiger partial charge in [-0.05, 0) is 30.0 Å². The molecule has 2 N–H and O–H groups in total. The van der Waals surface area contributed by atoms with Crippen LogP contribution >= 0.6 is 0 Å². The lowest BCUT2D eigenvalue weighted by Crippen LogP contribution is -2.22. The lowest BCUT2D eigenvalue weighted by molar-refractivity contribution is 0.233. The topological polar surface area (TPSA) is 41.5 Å². The molecule has 1 rings (SSSR count). The molecular formula is C16H27NO2. The summed E-state index contributed by atoms with van der Waals surface area (Å²) in [6.45, 7) is 6.93. The fraction of sp³-hybridized carbons (Fsp3) is 0.625. The standard InChI is InChI=1S/C16H27NO2/c1-3-4-5-10-19-16-8-6-15(7-9-16)12-17-11-14(2)13-18/h6-9,14,17-18H,3-5,10-13H2,1-2H3. The maximum atomic E-state index is 8.93. The zero-order valence-electron chi connectivity index (χ0n) is 12.2. The van der Waals surface area contributed by atoms with Crippen LogP contribution in [-0.2, 0) is 6.54 Å². The van der Waals surface area contributed by atoms with Gasteiger partial charge >= 0.3 is 0 Å². The molecule has 0 aliphatic heterocycles. The SMILES string of the molecule is CCCCCOc1ccc(CNCC(C)CO)cc1. The van der Waals surface area contributed by atoms with Crippen LogP contribution in [0.1, 0.15) is 38.7 Å². The number of unbranched alkanes of at least 4 members (excludes halogenated alkanes) is 2. The molecule has 0 saturated carbocycles. The van der Waals surface area contributed by atoms with E-state index in [-0.39, 0.29) is 6.61 Å². The molecule has 0 fully saturated rings. The predicted molar refractivity (Wildman–Crippen MR) is 79.4 cm³/mol. The summed E-state index contributed by atoms with van der Waals surface area (Å²) in [5.74, 6) is 1.25. The molecule has 108 valence electrons. The summed E-state index contributed by atoms with van der Waals surface area (Å²) >= 11 is 0. The molecule has 0 spiro atoms. The van der Waals surface area contributed by atoms with Gasteiger partial charge in [-0.1, -0.05) is 38.8 Å². The highest BCUT2D eigenvalue weighted by Gasteiger charge is 1.99. The molecule has 1 atom stereocenters. The van der Waals surface area contributed by atoms with Crippen molar-refractivity contribution in [3.05, 3.63) is 29.8 Å². The molecule has 0 radical (unpaired) electrons. The lowest BCUT2D eigenvalue weighted by atomic mass is 10.2. The normalized spacial score (nSPS) is 12.4. The van der Waals surface area contributed by atoms with E-state index in [1.807, 2.05) is 19.1 Å². The second-order valence-corrected chi connectivity index (χ2v) is 5.12. The first-order chi connectivity index (χ1) is 9.26. The van der Waals surface area contributed by atoms with Crippen LogP contribution in [0.5, 0.6) is 5.75 Å². The van der Waals surface area contributed by atoms with Gasteiger partial charge in [-0.3, -0.25) is 0 Å². The number of nitrogens with one attached hydrogen (secondary N) is 1. The van der Waals surface area contributed by atoms with Gasteiger partial charge < -0.3 is 15.2 Å². The minimum atomic E-state index is 0.234. The minimum absolute atomic E-state index is 0.234. The second-order valence-electron chi connectivity index (χ2n) is 5.12. The van der Waals surface area contributed by atoms with Gasteiger partial charge in [-0.25, -0.2) is 0 Å². The molecule has 3 heteroatoms. The van der Waals surface area contributed by atoms with E-state index < -0.39 is 0 Å². The van der Waals surface area contributed by atoms with Crippen molar-refractivity contribution in [2.24, 2.45) is 5.92 Å². The van der Waals surface area contributed by atoms with Crippen LogP contribution in [0, 0.1) is 5.92 Å². The molecule has 0 bridgehead atoms.